The van der Waals surface area contributed by atoms with Gasteiger partial charge in [0.15, 0.2) is 5.82 Å². The number of fused-ring (bicyclic) bond motifs is 1. The van der Waals surface area contributed by atoms with Crippen molar-refractivity contribution in [2.75, 3.05) is 24.5 Å². The largest absolute Gasteiger partial charge is 0.416 e. The maximum Gasteiger partial charge on any atom is 0.416 e. The number of benzene rings is 1. The van der Waals surface area contributed by atoms with Crippen LogP contribution in [0, 0.1) is 22.6 Å². The van der Waals surface area contributed by atoms with E-state index in [1.807, 2.05) is 9.80 Å². The van der Waals surface area contributed by atoms with E-state index in [2.05, 4.69) is 16.0 Å². The molecule has 2 aromatic heterocycles. The van der Waals surface area contributed by atoms with E-state index in [0.717, 1.165) is 25.0 Å². The number of piperidine rings is 1. The third-order valence-corrected chi connectivity index (χ3v) is 7.38. The summed E-state index contributed by atoms with van der Waals surface area (Å²) in [6, 6.07) is 7.45. The number of alkyl halides is 3. The Morgan fingerprint density at radius 1 is 1.18 bits per heavy atom. The first-order valence-electron chi connectivity index (χ1n) is 12.4. The van der Waals surface area contributed by atoms with E-state index in [-0.39, 0.29) is 31.1 Å². The Kier molecular flexibility index (Phi) is 6.73. The van der Waals surface area contributed by atoms with Crippen molar-refractivity contribution in [3.63, 3.8) is 0 Å². The van der Waals surface area contributed by atoms with Crippen molar-refractivity contribution in [2.45, 2.75) is 51.0 Å². The van der Waals surface area contributed by atoms with Crippen LogP contribution < -0.4 is 10.6 Å². The van der Waals surface area contributed by atoms with Crippen molar-refractivity contribution in [3.05, 3.63) is 53.7 Å². The zero-order valence-corrected chi connectivity index (χ0v) is 20.6. The van der Waals surface area contributed by atoms with Gasteiger partial charge in [-0.1, -0.05) is 12.1 Å². The minimum absolute atomic E-state index is 0.0955. The number of carbonyl (C=O) groups excluding carboxylic acids is 1. The lowest BCUT2D eigenvalue weighted by Crippen LogP contribution is -2.44. The Balaban J connectivity index is 1.42. The molecule has 0 spiro atoms. The topological polar surface area (TPSA) is 104 Å². The van der Waals surface area contributed by atoms with Crippen LogP contribution in [0.25, 0.3) is 11.0 Å². The van der Waals surface area contributed by atoms with Crippen LogP contribution in [0.4, 0.5) is 23.4 Å². The van der Waals surface area contributed by atoms with Crippen LogP contribution in [0.1, 0.15) is 36.8 Å². The normalized spacial score (nSPS) is 17.9. The van der Waals surface area contributed by atoms with E-state index in [1.165, 1.54) is 24.7 Å². The number of hydrogen-bond donors (Lipinski definition) is 1. The second-order valence-electron chi connectivity index (χ2n) is 10.2. The fraction of sp³-hybridized carbons (Fsp3) is 0.462. The van der Waals surface area contributed by atoms with Gasteiger partial charge in [-0.3, -0.25) is 9.69 Å². The number of aromatic nitrogens is 3. The third-order valence-electron chi connectivity index (χ3n) is 7.38. The average Bonchev–Trinajstić information content (AvgIpc) is 3.67. The SMILES string of the molecule is N#CC1(Cn2cc(F)c3c(N(Cc4ccc(C(F)(F)F)cc4)C4CC4)ncnc32)CCN(CC(N)=O)CC1. The molecule has 0 unspecified atom stereocenters. The van der Waals surface area contributed by atoms with Crippen molar-refractivity contribution in [1.29, 1.82) is 5.26 Å². The highest BCUT2D eigenvalue weighted by atomic mass is 19.4. The van der Waals surface area contributed by atoms with Gasteiger partial charge < -0.3 is 15.2 Å². The average molecular weight is 530 g/mol. The lowest BCUT2D eigenvalue weighted by molar-refractivity contribution is -0.137. The maximum absolute atomic E-state index is 15.4. The summed E-state index contributed by atoms with van der Waals surface area (Å²) in [6.45, 7) is 1.70. The minimum Gasteiger partial charge on any atom is -0.369 e. The molecule has 1 aliphatic carbocycles. The summed E-state index contributed by atoms with van der Waals surface area (Å²) in [7, 11) is 0. The quantitative estimate of drug-likeness (QED) is 0.445. The lowest BCUT2D eigenvalue weighted by atomic mass is 9.79. The molecule has 1 saturated heterocycles. The second kappa shape index (κ2) is 9.87. The Morgan fingerprint density at radius 2 is 1.87 bits per heavy atom. The first-order chi connectivity index (χ1) is 18.1. The molecular formula is C26H27F4N7O. The van der Waals surface area contributed by atoms with Crippen LogP contribution >= 0.6 is 0 Å². The number of likely N-dealkylation sites (tertiary alicyclic amines) is 1. The summed E-state index contributed by atoms with van der Waals surface area (Å²) in [5, 5.41) is 10.3. The molecule has 1 aromatic carbocycles. The fourth-order valence-electron chi connectivity index (χ4n) is 5.15. The first kappa shape index (κ1) is 25.9. The molecule has 1 aliphatic heterocycles. The maximum atomic E-state index is 15.4. The predicted molar refractivity (Wildman–Crippen MR) is 131 cm³/mol. The van der Waals surface area contributed by atoms with Crippen molar-refractivity contribution >= 4 is 22.8 Å². The highest BCUT2D eigenvalue weighted by Gasteiger charge is 2.37. The zero-order valence-electron chi connectivity index (χ0n) is 20.6. The Bertz CT molecular complexity index is 1370. The Hall–Kier alpha value is -3.72. The van der Waals surface area contributed by atoms with E-state index in [0.29, 0.717) is 43.0 Å². The molecule has 12 heteroatoms. The number of primary amides is 1. The summed E-state index contributed by atoms with van der Waals surface area (Å²) >= 11 is 0. The first-order valence-corrected chi connectivity index (χ1v) is 12.4. The number of anilines is 1. The van der Waals surface area contributed by atoms with Gasteiger partial charge >= 0.3 is 6.18 Å². The molecule has 2 aliphatic rings. The van der Waals surface area contributed by atoms with Gasteiger partial charge in [0.25, 0.3) is 0 Å². The van der Waals surface area contributed by atoms with Crippen LogP contribution in [0.3, 0.4) is 0 Å². The zero-order chi connectivity index (χ0) is 27.1. The van der Waals surface area contributed by atoms with Gasteiger partial charge in [0.05, 0.1) is 29.0 Å². The molecule has 1 amide bonds. The molecule has 8 nitrogen and oxygen atoms in total. The number of nitriles is 1. The van der Waals surface area contributed by atoms with Crippen LogP contribution in [-0.4, -0.2) is 51.0 Å². The molecule has 3 aromatic rings. The lowest BCUT2D eigenvalue weighted by Gasteiger charge is -2.37. The number of amides is 1. The Morgan fingerprint density at radius 3 is 2.45 bits per heavy atom. The third kappa shape index (κ3) is 5.29. The van der Waals surface area contributed by atoms with Crippen LogP contribution in [-0.2, 0) is 24.1 Å². The molecule has 2 N–H and O–H groups in total. The minimum atomic E-state index is -4.42. The van der Waals surface area contributed by atoms with Gasteiger partial charge in [-0.2, -0.15) is 18.4 Å². The van der Waals surface area contributed by atoms with Crippen molar-refractivity contribution in [2.24, 2.45) is 11.1 Å². The van der Waals surface area contributed by atoms with Crippen molar-refractivity contribution in [1.82, 2.24) is 19.4 Å². The van der Waals surface area contributed by atoms with Crippen molar-refractivity contribution in [3.8, 4) is 6.07 Å². The second-order valence-corrected chi connectivity index (χ2v) is 10.2. The highest BCUT2D eigenvalue weighted by Crippen LogP contribution is 2.39. The van der Waals surface area contributed by atoms with E-state index in [9.17, 15) is 23.2 Å². The summed E-state index contributed by atoms with van der Waals surface area (Å²) in [5.41, 5.74) is 4.83. The molecule has 0 bridgehead atoms. The fourth-order valence-corrected chi connectivity index (χ4v) is 5.15. The highest BCUT2D eigenvalue weighted by molar-refractivity contribution is 5.89. The van der Waals surface area contributed by atoms with Gasteiger partial charge in [-0.05, 0) is 43.4 Å². The smallest absolute Gasteiger partial charge is 0.369 e. The number of nitrogens with zero attached hydrogens (tertiary/aromatic N) is 6. The number of hydrogen-bond acceptors (Lipinski definition) is 6. The monoisotopic (exact) mass is 529 g/mol. The van der Waals surface area contributed by atoms with E-state index < -0.39 is 28.9 Å². The molecule has 0 atom stereocenters. The van der Waals surface area contributed by atoms with Gasteiger partial charge in [0.2, 0.25) is 5.91 Å². The van der Waals surface area contributed by atoms with E-state index in [4.69, 9.17) is 5.73 Å². The van der Waals surface area contributed by atoms with E-state index in [1.54, 1.807) is 4.57 Å². The number of rotatable bonds is 8. The standard InChI is InChI=1S/C26H27F4N7O/c27-20-12-36(15-25(14-31)7-9-35(10-8-25)13-21(32)38)23-22(20)24(34-16-33-23)37(19-5-6-19)11-17-1-3-18(4-2-17)26(28,29)30/h1-4,12,16,19H,5-11,13,15H2,(H2,32,38). The van der Waals surface area contributed by atoms with Crippen LogP contribution in [0.2, 0.25) is 0 Å². The molecule has 2 fully saturated rings. The predicted octanol–water partition coefficient (Wildman–Crippen LogP) is 3.85. The van der Waals surface area contributed by atoms with Gasteiger partial charge in [-0.15, -0.1) is 0 Å². The van der Waals surface area contributed by atoms with E-state index >= 15 is 4.39 Å². The molecule has 5 rings (SSSR count). The summed E-state index contributed by atoms with van der Waals surface area (Å²) in [6.07, 6.45) is 1.00. The van der Waals surface area contributed by atoms with Gasteiger partial charge in [0.1, 0.15) is 17.8 Å². The van der Waals surface area contributed by atoms with Gasteiger partial charge in [0, 0.05) is 38.4 Å². The number of nitrogens with two attached hydrogens (primary N) is 1. The van der Waals surface area contributed by atoms with Crippen LogP contribution in [0.5, 0.6) is 0 Å². The summed E-state index contributed by atoms with van der Waals surface area (Å²) in [4.78, 5) is 23.8. The Labute approximate surface area is 216 Å². The summed E-state index contributed by atoms with van der Waals surface area (Å²) < 4.78 is 56.0. The molecule has 38 heavy (non-hydrogen) atoms. The molecule has 200 valence electrons. The number of carbonyl (C=O) groups is 1. The molecule has 1 saturated carbocycles. The molecule has 0 radical (unpaired) electrons. The summed E-state index contributed by atoms with van der Waals surface area (Å²) in [5.74, 6) is -0.558. The van der Waals surface area contributed by atoms with Crippen molar-refractivity contribution < 1.29 is 22.4 Å². The molecular weight excluding hydrogens is 502 g/mol. The number of halogens is 4. The van der Waals surface area contributed by atoms with Crippen LogP contribution in [0.15, 0.2) is 36.8 Å². The van der Waals surface area contributed by atoms with Gasteiger partial charge in [-0.25, -0.2) is 14.4 Å². The molecule has 3 heterocycles.